The van der Waals surface area contributed by atoms with Crippen molar-refractivity contribution in [2.24, 2.45) is 0 Å². The molecular formula is C6H11N2S. The van der Waals surface area contributed by atoms with E-state index in [-0.39, 0.29) is 5.11 Å². The van der Waals surface area contributed by atoms with Gasteiger partial charge in [0.1, 0.15) is 0 Å². The van der Waals surface area contributed by atoms with Gasteiger partial charge < -0.3 is 5.32 Å². The molecule has 0 bridgehead atoms. The van der Waals surface area contributed by atoms with Crippen LogP contribution in [0.3, 0.4) is 0 Å². The van der Waals surface area contributed by atoms with Gasteiger partial charge in [0, 0.05) is 6.54 Å². The van der Waals surface area contributed by atoms with E-state index < -0.39 is 0 Å². The summed E-state index contributed by atoms with van der Waals surface area (Å²) in [7, 11) is 0. The first-order chi connectivity index (χ1) is 4.27. The first kappa shape index (κ1) is 8.43. The van der Waals surface area contributed by atoms with E-state index in [0.717, 1.165) is 13.0 Å². The predicted octanol–water partition coefficient (Wildman–Crippen LogP) is 1.11. The van der Waals surface area contributed by atoms with Crippen LogP contribution in [0, 0.1) is 0 Å². The van der Waals surface area contributed by atoms with E-state index in [1.165, 1.54) is 0 Å². The van der Waals surface area contributed by atoms with E-state index in [2.05, 4.69) is 17.5 Å². The van der Waals surface area contributed by atoms with E-state index >= 15 is 0 Å². The third-order valence-electron chi connectivity index (χ3n) is 0.832. The summed E-state index contributed by atoms with van der Waals surface area (Å²) in [6.45, 7) is 2.74. The van der Waals surface area contributed by atoms with Gasteiger partial charge >= 0.3 is 0 Å². The maximum atomic E-state index is 6.81. The molecule has 0 saturated heterocycles. The van der Waals surface area contributed by atoms with Crippen molar-refractivity contribution in [3.63, 3.8) is 0 Å². The highest BCUT2D eigenvalue weighted by Crippen LogP contribution is 1.78. The van der Waals surface area contributed by atoms with Crippen molar-refractivity contribution in [2.45, 2.75) is 13.3 Å². The van der Waals surface area contributed by atoms with Crippen LogP contribution in [0.4, 0.5) is 0 Å². The fourth-order valence-electron chi connectivity index (χ4n) is 0.436. The van der Waals surface area contributed by atoms with Crippen LogP contribution in [0.5, 0.6) is 0 Å². The van der Waals surface area contributed by atoms with Crippen LogP contribution in [0.15, 0.2) is 12.2 Å². The maximum Gasteiger partial charge on any atom is 0.185 e. The molecule has 0 unspecified atom stereocenters. The number of hydrogen-bond acceptors (Lipinski definition) is 1. The normalized spacial score (nSPS) is 9.89. The second-order valence-corrected chi connectivity index (χ2v) is 2.02. The number of hydrogen-bond donors (Lipinski definition) is 1. The van der Waals surface area contributed by atoms with E-state index in [9.17, 15) is 0 Å². The van der Waals surface area contributed by atoms with Crippen molar-refractivity contribution in [3.8, 4) is 0 Å². The lowest BCUT2D eigenvalue weighted by Gasteiger charge is -1.96. The summed E-state index contributed by atoms with van der Waals surface area (Å²) in [4.78, 5) is 0. The SMILES string of the molecule is C/C=C/CCNC([NH])=S. The lowest BCUT2D eigenvalue weighted by atomic mass is 10.4. The standard InChI is InChI=1S/C6H11N2S/c1-2-3-4-5-8-6(7)9/h2-3,7H,4-5H2,1H3,(H,8,9)/b3-2+. The van der Waals surface area contributed by atoms with E-state index in [1.54, 1.807) is 0 Å². The Balaban J connectivity index is 3.01. The van der Waals surface area contributed by atoms with Gasteiger partial charge in [0.2, 0.25) is 0 Å². The van der Waals surface area contributed by atoms with E-state index in [4.69, 9.17) is 5.73 Å². The molecule has 0 atom stereocenters. The molecule has 0 spiro atoms. The van der Waals surface area contributed by atoms with Crippen molar-refractivity contribution < 1.29 is 0 Å². The molecule has 0 aliphatic heterocycles. The number of rotatable bonds is 3. The zero-order valence-electron chi connectivity index (χ0n) is 5.48. The van der Waals surface area contributed by atoms with Gasteiger partial charge in [0.15, 0.2) is 5.11 Å². The molecule has 0 heterocycles. The molecule has 0 aliphatic rings. The number of thiocarbonyl (C=S) groups is 1. The Hall–Kier alpha value is -0.570. The third-order valence-corrected chi connectivity index (χ3v) is 0.977. The van der Waals surface area contributed by atoms with Gasteiger partial charge in [-0.1, -0.05) is 12.2 Å². The third kappa shape index (κ3) is 7.43. The Morgan fingerprint density at radius 3 is 2.89 bits per heavy atom. The minimum atomic E-state index is 0.125. The van der Waals surface area contributed by atoms with E-state index in [1.807, 2.05) is 19.1 Å². The molecule has 3 heteroatoms. The van der Waals surface area contributed by atoms with E-state index in [0.29, 0.717) is 0 Å². The van der Waals surface area contributed by atoms with Crippen LogP contribution in [0.25, 0.3) is 0 Å². The monoisotopic (exact) mass is 143 g/mol. The molecule has 0 rings (SSSR count). The molecule has 0 aromatic rings. The van der Waals surface area contributed by atoms with Crippen molar-refractivity contribution in [2.75, 3.05) is 6.54 Å². The lowest BCUT2D eigenvalue weighted by molar-refractivity contribution is 0.890. The summed E-state index contributed by atoms with van der Waals surface area (Å²) >= 11 is 4.48. The minimum Gasteiger partial charge on any atom is -0.361 e. The molecule has 2 nitrogen and oxygen atoms in total. The van der Waals surface area contributed by atoms with Crippen LogP contribution < -0.4 is 11.1 Å². The molecule has 9 heavy (non-hydrogen) atoms. The Morgan fingerprint density at radius 1 is 1.78 bits per heavy atom. The summed E-state index contributed by atoms with van der Waals surface area (Å²) in [5.41, 5.74) is 6.81. The highest BCUT2D eigenvalue weighted by Gasteiger charge is 1.82. The number of nitrogens with one attached hydrogen (secondary N) is 2. The Kier molecular flexibility index (Phi) is 5.21. The van der Waals surface area contributed by atoms with Crippen molar-refractivity contribution in [1.82, 2.24) is 11.1 Å². The Morgan fingerprint density at radius 2 is 2.44 bits per heavy atom. The average Bonchev–Trinajstić information content (AvgIpc) is 1.80. The largest absolute Gasteiger partial charge is 0.361 e. The quantitative estimate of drug-likeness (QED) is 0.365. The molecule has 0 fully saturated rings. The summed E-state index contributed by atoms with van der Waals surface area (Å²) in [5, 5.41) is 2.85. The van der Waals surface area contributed by atoms with Gasteiger partial charge in [-0.25, -0.2) is 0 Å². The fraction of sp³-hybridized carbons (Fsp3) is 0.500. The molecular weight excluding hydrogens is 132 g/mol. The lowest BCUT2D eigenvalue weighted by Crippen LogP contribution is -2.22. The highest BCUT2D eigenvalue weighted by atomic mass is 32.1. The number of allylic oxidation sites excluding steroid dienone is 1. The zero-order chi connectivity index (χ0) is 7.11. The first-order valence-corrected chi connectivity index (χ1v) is 3.28. The molecule has 1 radical (unpaired) electrons. The van der Waals surface area contributed by atoms with Crippen LogP contribution >= 0.6 is 12.2 Å². The van der Waals surface area contributed by atoms with Gasteiger partial charge in [-0.3, -0.25) is 5.73 Å². The topological polar surface area (TPSA) is 35.8 Å². The summed E-state index contributed by atoms with van der Waals surface area (Å²) in [6.07, 6.45) is 4.95. The minimum absolute atomic E-state index is 0.125. The molecule has 0 aromatic carbocycles. The van der Waals surface area contributed by atoms with Gasteiger partial charge in [-0.15, -0.1) is 0 Å². The smallest absolute Gasteiger partial charge is 0.185 e. The van der Waals surface area contributed by atoms with Crippen LogP contribution in [-0.2, 0) is 0 Å². The molecule has 0 saturated carbocycles. The van der Waals surface area contributed by atoms with Crippen molar-refractivity contribution in [3.05, 3.63) is 12.2 Å². The van der Waals surface area contributed by atoms with Gasteiger partial charge in [-0.05, 0) is 25.6 Å². The van der Waals surface area contributed by atoms with Crippen LogP contribution in [-0.4, -0.2) is 11.7 Å². The van der Waals surface area contributed by atoms with Gasteiger partial charge in [-0.2, -0.15) is 0 Å². The van der Waals surface area contributed by atoms with Crippen LogP contribution in [0.1, 0.15) is 13.3 Å². The Labute approximate surface area is 61.1 Å². The van der Waals surface area contributed by atoms with Crippen molar-refractivity contribution in [1.29, 1.82) is 0 Å². The molecule has 0 amide bonds. The second-order valence-electron chi connectivity index (χ2n) is 1.61. The first-order valence-electron chi connectivity index (χ1n) is 2.88. The zero-order valence-corrected chi connectivity index (χ0v) is 6.29. The fourth-order valence-corrected chi connectivity index (χ4v) is 0.538. The maximum absolute atomic E-state index is 6.81. The average molecular weight is 143 g/mol. The summed E-state index contributed by atoms with van der Waals surface area (Å²) in [5.74, 6) is 0. The summed E-state index contributed by atoms with van der Waals surface area (Å²) < 4.78 is 0. The predicted molar refractivity (Wildman–Crippen MR) is 43.1 cm³/mol. The molecule has 2 N–H and O–H groups in total. The highest BCUT2D eigenvalue weighted by molar-refractivity contribution is 7.80. The second kappa shape index (κ2) is 5.56. The molecule has 51 valence electrons. The Bertz CT molecular complexity index is 110. The molecule has 0 aromatic heterocycles. The van der Waals surface area contributed by atoms with Gasteiger partial charge in [0.25, 0.3) is 0 Å². The summed E-state index contributed by atoms with van der Waals surface area (Å²) in [6, 6.07) is 0. The molecule has 0 aliphatic carbocycles. The van der Waals surface area contributed by atoms with Gasteiger partial charge in [0.05, 0.1) is 0 Å². The van der Waals surface area contributed by atoms with Crippen molar-refractivity contribution >= 4 is 17.3 Å². The van der Waals surface area contributed by atoms with Crippen LogP contribution in [0.2, 0.25) is 0 Å².